The number of carbonyl (C=O) groups is 1. The molecule has 2 rings (SSSR count). The third-order valence-corrected chi connectivity index (χ3v) is 2.75. The number of hydrogen-bond acceptors (Lipinski definition) is 3. The molecule has 0 bridgehead atoms. The predicted octanol–water partition coefficient (Wildman–Crippen LogP) is 1.45. The van der Waals surface area contributed by atoms with Gasteiger partial charge in [0.15, 0.2) is 0 Å². The lowest BCUT2D eigenvalue weighted by atomic mass is 10.0. The Morgan fingerprint density at radius 1 is 1.47 bits per heavy atom. The van der Waals surface area contributed by atoms with Crippen molar-refractivity contribution in [2.45, 2.75) is 12.5 Å². The molecular formula is C13H14N2O2. The summed E-state index contributed by atoms with van der Waals surface area (Å²) < 4.78 is 0. The lowest BCUT2D eigenvalue weighted by Crippen LogP contribution is -2.35. The summed E-state index contributed by atoms with van der Waals surface area (Å²) in [5, 5.41) is 12.8. The molecule has 0 saturated heterocycles. The van der Waals surface area contributed by atoms with Crippen molar-refractivity contribution in [3.05, 3.63) is 42.1 Å². The third-order valence-electron chi connectivity index (χ3n) is 2.75. The molecule has 0 aliphatic heterocycles. The molecule has 4 nitrogen and oxygen atoms in total. The average Bonchev–Trinajstić information content (AvgIpc) is 2.35. The minimum absolute atomic E-state index is 0.469. The summed E-state index contributed by atoms with van der Waals surface area (Å²) in [6.07, 6.45) is 2.21. The van der Waals surface area contributed by atoms with Crippen molar-refractivity contribution in [3.63, 3.8) is 0 Å². The second kappa shape index (κ2) is 4.93. The van der Waals surface area contributed by atoms with Crippen molar-refractivity contribution in [2.24, 2.45) is 0 Å². The van der Waals surface area contributed by atoms with Crippen LogP contribution in [-0.2, 0) is 11.2 Å². The summed E-state index contributed by atoms with van der Waals surface area (Å²) in [5.41, 5.74) is 1.92. The van der Waals surface area contributed by atoms with Crippen LogP contribution in [0.15, 0.2) is 36.5 Å². The fourth-order valence-electron chi connectivity index (χ4n) is 1.80. The fraction of sp³-hybridized carbons (Fsp3) is 0.231. The topological polar surface area (TPSA) is 62.2 Å². The highest BCUT2D eigenvalue weighted by atomic mass is 16.4. The van der Waals surface area contributed by atoms with Crippen LogP contribution in [0.5, 0.6) is 0 Å². The molecule has 2 aromatic rings. The second-order valence-corrected chi connectivity index (χ2v) is 3.91. The van der Waals surface area contributed by atoms with Crippen LogP contribution >= 0.6 is 0 Å². The molecule has 1 aromatic carbocycles. The Balaban J connectivity index is 2.27. The highest BCUT2D eigenvalue weighted by Crippen LogP contribution is 2.14. The molecule has 0 radical (unpaired) electrons. The van der Waals surface area contributed by atoms with Crippen LogP contribution in [0.25, 0.3) is 10.9 Å². The Morgan fingerprint density at radius 2 is 2.29 bits per heavy atom. The van der Waals surface area contributed by atoms with Gasteiger partial charge in [0.2, 0.25) is 0 Å². The number of carboxylic acids is 1. The van der Waals surface area contributed by atoms with Gasteiger partial charge in [-0.05, 0) is 37.2 Å². The maximum Gasteiger partial charge on any atom is 0.321 e. The average molecular weight is 230 g/mol. The maximum absolute atomic E-state index is 10.9. The van der Waals surface area contributed by atoms with Gasteiger partial charge in [0.25, 0.3) is 0 Å². The zero-order valence-electron chi connectivity index (χ0n) is 9.55. The minimum Gasteiger partial charge on any atom is -0.480 e. The van der Waals surface area contributed by atoms with Crippen molar-refractivity contribution < 1.29 is 9.90 Å². The van der Waals surface area contributed by atoms with E-state index in [1.165, 1.54) is 0 Å². The van der Waals surface area contributed by atoms with Crippen molar-refractivity contribution in [1.82, 2.24) is 10.3 Å². The fourth-order valence-corrected chi connectivity index (χ4v) is 1.80. The quantitative estimate of drug-likeness (QED) is 0.834. The van der Waals surface area contributed by atoms with Gasteiger partial charge >= 0.3 is 5.97 Å². The second-order valence-electron chi connectivity index (χ2n) is 3.91. The van der Waals surface area contributed by atoms with Gasteiger partial charge in [-0.1, -0.05) is 12.1 Å². The highest BCUT2D eigenvalue weighted by Gasteiger charge is 2.15. The molecule has 17 heavy (non-hydrogen) atoms. The SMILES string of the molecule is CNC(Cc1ccc2ncccc2c1)C(=O)O. The number of benzene rings is 1. The van der Waals surface area contributed by atoms with Crippen molar-refractivity contribution in [3.8, 4) is 0 Å². The van der Waals surface area contributed by atoms with Crippen LogP contribution in [0.1, 0.15) is 5.56 Å². The summed E-state index contributed by atoms with van der Waals surface area (Å²) in [4.78, 5) is 15.1. The number of nitrogens with one attached hydrogen (secondary N) is 1. The Hall–Kier alpha value is -1.94. The van der Waals surface area contributed by atoms with Crippen molar-refractivity contribution in [1.29, 1.82) is 0 Å². The molecule has 1 heterocycles. The summed E-state index contributed by atoms with van der Waals surface area (Å²) in [5.74, 6) is -0.834. The van der Waals surface area contributed by atoms with Gasteiger partial charge in [-0.3, -0.25) is 9.78 Å². The first-order valence-electron chi connectivity index (χ1n) is 5.44. The van der Waals surface area contributed by atoms with Gasteiger partial charge in [0.1, 0.15) is 6.04 Å². The molecule has 2 N–H and O–H groups in total. The van der Waals surface area contributed by atoms with Gasteiger partial charge in [-0.15, -0.1) is 0 Å². The Kier molecular flexibility index (Phi) is 3.35. The molecule has 4 heteroatoms. The third kappa shape index (κ3) is 2.60. The van der Waals surface area contributed by atoms with E-state index in [0.29, 0.717) is 6.42 Å². The number of likely N-dealkylation sites (N-methyl/N-ethyl adjacent to an activating group) is 1. The van der Waals surface area contributed by atoms with Gasteiger partial charge in [0, 0.05) is 11.6 Å². The molecular weight excluding hydrogens is 216 g/mol. The highest BCUT2D eigenvalue weighted by molar-refractivity contribution is 5.79. The Bertz CT molecular complexity index is 540. The van der Waals surface area contributed by atoms with E-state index in [2.05, 4.69) is 10.3 Å². The van der Waals surface area contributed by atoms with Crippen molar-refractivity contribution >= 4 is 16.9 Å². The van der Waals surface area contributed by atoms with Gasteiger partial charge in [-0.2, -0.15) is 0 Å². The number of aromatic nitrogens is 1. The molecule has 88 valence electrons. The summed E-state index contributed by atoms with van der Waals surface area (Å²) in [6, 6.07) is 9.11. The molecule has 0 spiro atoms. The Labute approximate surface area is 99.3 Å². The first-order valence-corrected chi connectivity index (χ1v) is 5.44. The van der Waals surface area contributed by atoms with E-state index in [9.17, 15) is 4.79 Å². The lowest BCUT2D eigenvalue weighted by molar-refractivity contribution is -0.139. The molecule has 0 aliphatic rings. The maximum atomic E-state index is 10.9. The number of rotatable bonds is 4. The molecule has 0 fully saturated rings. The van der Waals surface area contributed by atoms with Crippen molar-refractivity contribution in [2.75, 3.05) is 7.05 Å². The van der Waals surface area contributed by atoms with Crippen LogP contribution in [0.4, 0.5) is 0 Å². The van der Waals surface area contributed by atoms with Gasteiger partial charge < -0.3 is 10.4 Å². The van der Waals surface area contributed by atoms with Crippen LogP contribution in [0.3, 0.4) is 0 Å². The molecule has 0 saturated carbocycles. The van der Waals surface area contributed by atoms with E-state index in [-0.39, 0.29) is 0 Å². The van der Waals surface area contributed by atoms with E-state index < -0.39 is 12.0 Å². The lowest BCUT2D eigenvalue weighted by Gasteiger charge is -2.11. The van der Waals surface area contributed by atoms with E-state index in [1.54, 1.807) is 13.2 Å². The number of pyridine rings is 1. The predicted molar refractivity (Wildman–Crippen MR) is 65.9 cm³/mol. The number of nitrogens with zero attached hydrogens (tertiary/aromatic N) is 1. The molecule has 0 amide bonds. The Morgan fingerprint density at radius 3 is 3.00 bits per heavy atom. The normalized spacial score (nSPS) is 12.5. The number of aliphatic carboxylic acids is 1. The summed E-state index contributed by atoms with van der Waals surface area (Å²) in [6.45, 7) is 0. The van der Waals surface area contributed by atoms with E-state index in [1.807, 2.05) is 30.3 Å². The molecule has 1 aromatic heterocycles. The number of fused-ring (bicyclic) bond motifs is 1. The smallest absolute Gasteiger partial charge is 0.321 e. The molecule has 1 atom stereocenters. The number of hydrogen-bond donors (Lipinski definition) is 2. The molecule has 1 unspecified atom stereocenters. The number of carboxylic acid groups (broad SMARTS) is 1. The van der Waals surface area contributed by atoms with Crippen LogP contribution < -0.4 is 5.32 Å². The van der Waals surface area contributed by atoms with Crippen LogP contribution in [-0.4, -0.2) is 29.1 Å². The first kappa shape index (κ1) is 11.5. The molecule has 0 aliphatic carbocycles. The first-order chi connectivity index (χ1) is 8.20. The van der Waals surface area contributed by atoms with E-state index in [4.69, 9.17) is 5.11 Å². The van der Waals surface area contributed by atoms with E-state index in [0.717, 1.165) is 16.5 Å². The van der Waals surface area contributed by atoms with Crippen LogP contribution in [0.2, 0.25) is 0 Å². The van der Waals surface area contributed by atoms with Crippen LogP contribution in [0, 0.1) is 0 Å². The van der Waals surface area contributed by atoms with E-state index >= 15 is 0 Å². The van der Waals surface area contributed by atoms with Gasteiger partial charge in [0.05, 0.1) is 5.52 Å². The zero-order valence-corrected chi connectivity index (χ0v) is 9.55. The summed E-state index contributed by atoms with van der Waals surface area (Å²) >= 11 is 0. The minimum atomic E-state index is -0.834. The largest absolute Gasteiger partial charge is 0.480 e. The zero-order chi connectivity index (χ0) is 12.3. The monoisotopic (exact) mass is 230 g/mol. The standard InChI is InChI=1S/C13H14N2O2/c1-14-12(13(16)17)8-9-4-5-11-10(7-9)3-2-6-15-11/h2-7,12,14H,8H2,1H3,(H,16,17). The summed E-state index contributed by atoms with van der Waals surface area (Å²) in [7, 11) is 1.65. The van der Waals surface area contributed by atoms with Gasteiger partial charge in [-0.25, -0.2) is 0 Å².